The molecule has 1 saturated carbocycles. The normalized spacial score (nSPS) is 18.5. The molecule has 0 nitrogen and oxygen atoms in total. The van der Waals surface area contributed by atoms with E-state index in [1.807, 2.05) is 12.1 Å². The van der Waals surface area contributed by atoms with Gasteiger partial charge in [-0.2, -0.15) is 0 Å². The molecule has 0 aliphatic heterocycles. The summed E-state index contributed by atoms with van der Waals surface area (Å²) in [7, 11) is 0. The van der Waals surface area contributed by atoms with Crippen molar-refractivity contribution in [3.63, 3.8) is 0 Å². The van der Waals surface area contributed by atoms with Gasteiger partial charge in [-0.3, -0.25) is 0 Å². The molecule has 1 atom stereocenters. The lowest BCUT2D eigenvalue weighted by Crippen LogP contribution is -2.17. The van der Waals surface area contributed by atoms with Gasteiger partial charge in [-0.15, -0.1) is 0 Å². The minimum absolute atomic E-state index is 0.238. The maximum absolute atomic E-state index is 13.8. The second-order valence-electron chi connectivity index (χ2n) is 4.88. The number of hydrogen-bond donors (Lipinski definition) is 0. The standard InChI is InChI=1S/C14H17BrClF/c15-9-12(10-4-1-2-5-10)8-11-6-3-7-13(16)14(11)17/h3,6-7,10,12H,1-2,4-5,8-9H2. The van der Waals surface area contributed by atoms with Crippen molar-refractivity contribution in [2.75, 3.05) is 5.33 Å². The van der Waals surface area contributed by atoms with Crippen LogP contribution in [0.1, 0.15) is 31.2 Å². The van der Waals surface area contributed by atoms with Crippen molar-refractivity contribution in [3.8, 4) is 0 Å². The van der Waals surface area contributed by atoms with Gasteiger partial charge in [0.2, 0.25) is 0 Å². The zero-order valence-corrected chi connectivity index (χ0v) is 12.1. The van der Waals surface area contributed by atoms with Crippen LogP contribution in [0.15, 0.2) is 18.2 Å². The van der Waals surface area contributed by atoms with Crippen molar-refractivity contribution >= 4 is 27.5 Å². The Morgan fingerprint density at radius 1 is 1.35 bits per heavy atom. The first-order valence-electron chi connectivity index (χ1n) is 6.21. The van der Waals surface area contributed by atoms with Gasteiger partial charge in [0.1, 0.15) is 5.82 Å². The zero-order valence-electron chi connectivity index (χ0n) is 9.76. The summed E-state index contributed by atoms with van der Waals surface area (Å²) >= 11 is 9.38. The molecule has 1 aromatic carbocycles. The Morgan fingerprint density at radius 2 is 2.06 bits per heavy atom. The Labute approximate surface area is 116 Å². The van der Waals surface area contributed by atoms with E-state index in [0.717, 1.165) is 23.2 Å². The smallest absolute Gasteiger partial charge is 0.144 e. The third-order valence-corrected chi connectivity index (χ3v) is 4.90. The molecule has 1 aromatic rings. The number of halogens is 3. The minimum atomic E-state index is -0.238. The van der Waals surface area contributed by atoms with Gasteiger partial charge < -0.3 is 0 Å². The molecule has 17 heavy (non-hydrogen) atoms. The molecule has 0 aromatic heterocycles. The first-order chi connectivity index (χ1) is 8.22. The van der Waals surface area contributed by atoms with E-state index in [2.05, 4.69) is 15.9 Å². The third kappa shape index (κ3) is 3.23. The van der Waals surface area contributed by atoms with Crippen molar-refractivity contribution in [3.05, 3.63) is 34.6 Å². The summed E-state index contributed by atoms with van der Waals surface area (Å²) in [4.78, 5) is 0. The Balaban J connectivity index is 2.09. The van der Waals surface area contributed by atoms with E-state index < -0.39 is 0 Å². The molecule has 1 aliphatic rings. The van der Waals surface area contributed by atoms with Crippen molar-refractivity contribution in [2.24, 2.45) is 11.8 Å². The van der Waals surface area contributed by atoms with Crippen LogP contribution in [0, 0.1) is 17.7 Å². The van der Waals surface area contributed by atoms with Gasteiger partial charge in [0, 0.05) is 5.33 Å². The lowest BCUT2D eigenvalue weighted by atomic mass is 9.87. The SMILES string of the molecule is Fc1c(Cl)cccc1CC(CBr)C1CCCC1. The van der Waals surface area contributed by atoms with Crippen LogP contribution in [0.25, 0.3) is 0 Å². The molecule has 0 N–H and O–H groups in total. The summed E-state index contributed by atoms with van der Waals surface area (Å²) in [5.74, 6) is 1.04. The summed E-state index contributed by atoms with van der Waals surface area (Å²) in [6.07, 6.45) is 6.03. The van der Waals surface area contributed by atoms with E-state index in [-0.39, 0.29) is 10.8 Å². The predicted molar refractivity (Wildman–Crippen MR) is 74.4 cm³/mol. The van der Waals surface area contributed by atoms with Crippen LogP contribution in [-0.4, -0.2) is 5.33 Å². The average molecular weight is 320 g/mol. The van der Waals surface area contributed by atoms with Gasteiger partial charge in [0.25, 0.3) is 0 Å². The second kappa shape index (κ2) is 6.19. The van der Waals surface area contributed by atoms with Crippen LogP contribution >= 0.6 is 27.5 Å². The van der Waals surface area contributed by atoms with Crippen LogP contribution < -0.4 is 0 Å². The maximum atomic E-state index is 13.8. The predicted octanol–water partition coefficient (Wildman–Crippen LogP) is 5.22. The summed E-state index contributed by atoms with van der Waals surface area (Å²) in [5, 5.41) is 1.19. The van der Waals surface area contributed by atoms with Crippen LogP contribution in [0.4, 0.5) is 4.39 Å². The van der Waals surface area contributed by atoms with Gasteiger partial charge in [0.15, 0.2) is 0 Å². The molecule has 1 aliphatic carbocycles. The van der Waals surface area contributed by atoms with E-state index in [1.54, 1.807) is 6.07 Å². The van der Waals surface area contributed by atoms with E-state index in [1.165, 1.54) is 25.7 Å². The topological polar surface area (TPSA) is 0 Å². The molecule has 0 saturated heterocycles. The molecule has 94 valence electrons. The maximum Gasteiger partial charge on any atom is 0.144 e. The summed E-state index contributed by atoms with van der Waals surface area (Å²) in [6.45, 7) is 0. The fourth-order valence-corrected chi connectivity index (χ4v) is 3.72. The largest absolute Gasteiger partial charge is 0.205 e. The highest BCUT2D eigenvalue weighted by Crippen LogP contribution is 2.35. The molecule has 0 heterocycles. The average Bonchev–Trinajstić information content (AvgIpc) is 2.85. The minimum Gasteiger partial charge on any atom is -0.205 e. The van der Waals surface area contributed by atoms with Crippen LogP contribution in [0.5, 0.6) is 0 Å². The van der Waals surface area contributed by atoms with Crippen LogP contribution in [-0.2, 0) is 6.42 Å². The molecule has 1 unspecified atom stereocenters. The lowest BCUT2D eigenvalue weighted by Gasteiger charge is -2.21. The Bertz CT molecular complexity index is 374. The number of alkyl halides is 1. The molecule has 2 rings (SSSR count). The summed E-state index contributed by atoms with van der Waals surface area (Å²) in [5.41, 5.74) is 0.758. The Kier molecular flexibility index (Phi) is 4.87. The summed E-state index contributed by atoms with van der Waals surface area (Å²) < 4.78 is 13.8. The van der Waals surface area contributed by atoms with Crippen molar-refractivity contribution in [1.82, 2.24) is 0 Å². The monoisotopic (exact) mass is 318 g/mol. The van der Waals surface area contributed by atoms with E-state index in [4.69, 9.17) is 11.6 Å². The fourth-order valence-electron chi connectivity index (χ4n) is 2.76. The third-order valence-electron chi connectivity index (χ3n) is 3.78. The van der Waals surface area contributed by atoms with Gasteiger partial charge >= 0.3 is 0 Å². The first-order valence-corrected chi connectivity index (χ1v) is 7.71. The Morgan fingerprint density at radius 3 is 2.71 bits per heavy atom. The van der Waals surface area contributed by atoms with Gasteiger partial charge in [-0.25, -0.2) is 4.39 Å². The molecule has 0 bridgehead atoms. The molecule has 1 fully saturated rings. The van der Waals surface area contributed by atoms with Crippen LogP contribution in [0.3, 0.4) is 0 Å². The quantitative estimate of drug-likeness (QED) is 0.667. The Hall–Kier alpha value is -0.0800. The van der Waals surface area contributed by atoms with Crippen molar-refractivity contribution in [1.29, 1.82) is 0 Å². The lowest BCUT2D eigenvalue weighted by molar-refractivity contribution is 0.369. The number of benzene rings is 1. The highest BCUT2D eigenvalue weighted by Gasteiger charge is 2.25. The van der Waals surface area contributed by atoms with E-state index >= 15 is 0 Å². The zero-order chi connectivity index (χ0) is 12.3. The fraction of sp³-hybridized carbons (Fsp3) is 0.571. The van der Waals surface area contributed by atoms with Crippen molar-refractivity contribution < 1.29 is 4.39 Å². The van der Waals surface area contributed by atoms with E-state index in [0.29, 0.717) is 5.92 Å². The van der Waals surface area contributed by atoms with Crippen molar-refractivity contribution in [2.45, 2.75) is 32.1 Å². The summed E-state index contributed by atoms with van der Waals surface area (Å²) in [6, 6.07) is 5.30. The molecular weight excluding hydrogens is 303 g/mol. The molecule has 3 heteroatoms. The molecular formula is C14H17BrClF. The van der Waals surface area contributed by atoms with Gasteiger partial charge in [-0.05, 0) is 29.9 Å². The second-order valence-corrected chi connectivity index (χ2v) is 5.93. The highest BCUT2D eigenvalue weighted by atomic mass is 79.9. The van der Waals surface area contributed by atoms with Gasteiger partial charge in [0.05, 0.1) is 5.02 Å². The highest BCUT2D eigenvalue weighted by molar-refractivity contribution is 9.09. The van der Waals surface area contributed by atoms with E-state index in [9.17, 15) is 4.39 Å². The molecule has 0 spiro atoms. The van der Waals surface area contributed by atoms with Gasteiger partial charge in [-0.1, -0.05) is 65.3 Å². The number of rotatable bonds is 4. The first kappa shape index (κ1) is 13.4. The van der Waals surface area contributed by atoms with Crippen LogP contribution in [0.2, 0.25) is 5.02 Å². The molecule has 0 amide bonds. The number of hydrogen-bond acceptors (Lipinski definition) is 0. The molecule has 0 radical (unpaired) electrons.